The highest BCUT2D eigenvalue weighted by molar-refractivity contribution is 5.95. The molecule has 4 nitrogen and oxygen atoms in total. The Bertz CT molecular complexity index is 479. The lowest BCUT2D eigenvalue weighted by Gasteiger charge is -2.16. The highest BCUT2D eigenvalue weighted by Gasteiger charge is 2.15. The number of rotatable bonds is 6. The molecule has 0 unspecified atom stereocenters. The lowest BCUT2D eigenvalue weighted by atomic mass is 10.0. The Balaban J connectivity index is 2.96. The van der Waals surface area contributed by atoms with Crippen LogP contribution in [0.15, 0.2) is 18.2 Å². The molecule has 0 saturated heterocycles. The SMILES string of the molecule is CCc1ccc(NC(C)=O)cc1NC(=O)C(CC)CC. The first kappa shape index (κ1) is 16.2. The summed E-state index contributed by atoms with van der Waals surface area (Å²) in [5, 5.41) is 5.72. The third-order valence-electron chi connectivity index (χ3n) is 3.43. The molecule has 2 N–H and O–H groups in total. The summed E-state index contributed by atoms with van der Waals surface area (Å²) >= 11 is 0. The average molecular weight is 276 g/mol. The van der Waals surface area contributed by atoms with E-state index >= 15 is 0 Å². The summed E-state index contributed by atoms with van der Waals surface area (Å²) in [7, 11) is 0. The van der Waals surface area contributed by atoms with Gasteiger partial charge in [0.1, 0.15) is 0 Å². The first-order valence-electron chi connectivity index (χ1n) is 7.23. The van der Waals surface area contributed by atoms with Crippen molar-refractivity contribution in [3.05, 3.63) is 23.8 Å². The maximum atomic E-state index is 12.2. The monoisotopic (exact) mass is 276 g/mol. The molecule has 0 saturated carbocycles. The van der Waals surface area contributed by atoms with Gasteiger partial charge in [0.2, 0.25) is 11.8 Å². The van der Waals surface area contributed by atoms with Gasteiger partial charge in [-0.1, -0.05) is 26.8 Å². The second kappa shape index (κ2) is 7.68. The zero-order valence-electron chi connectivity index (χ0n) is 12.7. The van der Waals surface area contributed by atoms with Crippen molar-refractivity contribution in [1.29, 1.82) is 0 Å². The molecule has 0 aliphatic rings. The molecule has 0 fully saturated rings. The number of hydrogen-bond acceptors (Lipinski definition) is 2. The zero-order chi connectivity index (χ0) is 15.1. The predicted octanol–water partition coefficient (Wildman–Crippen LogP) is 3.58. The first-order valence-corrected chi connectivity index (χ1v) is 7.23. The van der Waals surface area contributed by atoms with Crippen LogP contribution in [-0.2, 0) is 16.0 Å². The predicted molar refractivity (Wildman–Crippen MR) is 82.8 cm³/mol. The molecular weight excluding hydrogens is 252 g/mol. The fourth-order valence-corrected chi connectivity index (χ4v) is 2.18. The van der Waals surface area contributed by atoms with E-state index in [1.807, 2.05) is 39.0 Å². The number of nitrogens with one attached hydrogen (secondary N) is 2. The number of benzene rings is 1. The average Bonchev–Trinajstić information content (AvgIpc) is 2.39. The zero-order valence-corrected chi connectivity index (χ0v) is 12.7. The molecule has 0 spiro atoms. The third kappa shape index (κ3) is 4.37. The van der Waals surface area contributed by atoms with Crippen LogP contribution in [0.1, 0.15) is 46.1 Å². The van der Waals surface area contributed by atoms with Gasteiger partial charge in [-0.25, -0.2) is 0 Å². The van der Waals surface area contributed by atoms with Gasteiger partial charge in [-0.2, -0.15) is 0 Å². The van der Waals surface area contributed by atoms with Gasteiger partial charge in [0, 0.05) is 24.2 Å². The Kier molecular flexibility index (Phi) is 6.22. The minimum Gasteiger partial charge on any atom is -0.326 e. The van der Waals surface area contributed by atoms with Crippen molar-refractivity contribution in [3.8, 4) is 0 Å². The van der Waals surface area contributed by atoms with Gasteiger partial charge in [-0.3, -0.25) is 9.59 Å². The first-order chi connectivity index (χ1) is 9.51. The van der Waals surface area contributed by atoms with Crippen LogP contribution in [0.4, 0.5) is 11.4 Å². The summed E-state index contributed by atoms with van der Waals surface area (Å²) < 4.78 is 0. The van der Waals surface area contributed by atoms with Crippen LogP contribution in [-0.4, -0.2) is 11.8 Å². The summed E-state index contributed by atoms with van der Waals surface area (Å²) in [4.78, 5) is 23.3. The molecule has 1 aromatic carbocycles. The van der Waals surface area contributed by atoms with Crippen molar-refractivity contribution >= 4 is 23.2 Å². The third-order valence-corrected chi connectivity index (χ3v) is 3.43. The van der Waals surface area contributed by atoms with E-state index in [0.717, 1.165) is 30.5 Å². The molecule has 1 aromatic rings. The Morgan fingerprint density at radius 1 is 1.10 bits per heavy atom. The van der Waals surface area contributed by atoms with Gasteiger partial charge in [-0.05, 0) is 37.0 Å². The standard InChI is InChI=1S/C16H24N2O2/c1-5-12(6-2)16(20)18-15-10-14(17-11(4)19)9-8-13(15)7-3/h8-10,12H,5-7H2,1-4H3,(H,17,19)(H,18,20). The Hall–Kier alpha value is -1.84. The number of anilines is 2. The largest absolute Gasteiger partial charge is 0.326 e. The Morgan fingerprint density at radius 2 is 1.75 bits per heavy atom. The molecule has 0 bridgehead atoms. The number of aryl methyl sites for hydroxylation is 1. The van der Waals surface area contributed by atoms with Crippen LogP contribution < -0.4 is 10.6 Å². The molecule has 1 rings (SSSR count). The normalized spacial score (nSPS) is 10.4. The molecule has 0 aliphatic heterocycles. The maximum absolute atomic E-state index is 12.2. The van der Waals surface area contributed by atoms with Crippen LogP contribution >= 0.6 is 0 Å². The summed E-state index contributed by atoms with van der Waals surface area (Å²) in [6.07, 6.45) is 2.49. The second-order valence-electron chi connectivity index (χ2n) is 4.91. The molecule has 0 atom stereocenters. The van der Waals surface area contributed by atoms with E-state index in [0.29, 0.717) is 5.69 Å². The second-order valence-corrected chi connectivity index (χ2v) is 4.91. The topological polar surface area (TPSA) is 58.2 Å². The van der Waals surface area contributed by atoms with Gasteiger partial charge < -0.3 is 10.6 Å². The summed E-state index contributed by atoms with van der Waals surface area (Å²) in [5.74, 6) is -0.0414. The molecule has 2 amide bonds. The van der Waals surface area contributed by atoms with Gasteiger partial charge in [0.25, 0.3) is 0 Å². The van der Waals surface area contributed by atoms with Gasteiger partial charge in [0.15, 0.2) is 0 Å². The van der Waals surface area contributed by atoms with Crippen LogP contribution in [0.2, 0.25) is 0 Å². The molecule has 110 valence electrons. The lowest BCUT2D eigenvalue weighted by Crippen LogP contribution is -2.22. The smallest absolute Gasteiger partial charge is 0.227 e. The van der Waals surface area contributed by atoms with E-state index in [9.17, 15) is 9.59 Å². The Labute approximate surface area is 121 Å². The number of carbonyl (C=O) groups is 2. The van der Waals surface area contributed by atoms with Crippen molar-refractivity contribution in [3.63, 3.8) is 0 Å². The van der Waals surface area contributed by atoms with Crippen LogP contribution in [0, 0.1) is 5.92 Å². The minimum atomic E-state index is -0.119. The summed E-state index contributed by atoms with van der Waals surface area (Å²) in [5.41, 5.74) is 2.56. The molecule has 0 heterocycles. The molecule has 0 radical (unpaired) electrons. The maximum Gasteiger partial charge on any atom is 0.227 e. The highest BCUT2D eigenvalue weighted by atomic mass is 16.2. The quantitative estimate of drug-likeness (QED) is 0.834. The molecular formula is C16H24N2O2. The van der Waals surface area contributed by atoms with E-state index in [4.69, 9.17) is 0 Å². The van der Waals surface area contributed by atoms with E-state index in [1.54, 1.807) is 0 Å². The van der Waals surface area contributed by atoms with Gasteiger partial charge >= 0.3 is 0 Å². The molecule has 20 heavy (non-hydrogen) atoms. The van der Waals surface area contributed by atoms with Crippen molar-refractivity contribution in [2.45, 2.75) is 47.0 Å². The van der Waals surface area contributed by atoms with Gasteiger partial charge in [-0.15, -0.1) is 0 Å². The molecule has 0 aromatic heterocycles. The van der Waals surface area contributed by atoms with Crippen molar-refractivity contribution in [1.82, 2.24) is 0 Å². The molecule has 0 aliphatic carbocycles. The summed E-state index contributed by atoms with van der Waals surface area (Å²) in [6, 6.07) is 5.61. The van der Waals surface area contributed by atoms with E-state index < -0.39 is 0 Å². The van der Waals surface area contributed by atoms with E-state index in [2.05, 4.69) is 10.6 Å². The molecule has 4 heteroatoms. The number of hydrogen-bond donors (Lipinski definition) is 2. The van der Waals surface area contributed by atoms with E-state index in [-0.39, 0.29) is 17.7 Å². The van der Waals surface area contributed by atoms with Crippen LogP contribution in [0.5, 0.6) is 0 Å². The minimum absolute atomic E-state index is 0.0316. The fourth-order valence-electron chi connectivity index (χ4n) is 2.18. The Morgan fingerprint density at radius 3 is 2.25 bits per heavy atom. The van der Waals surface area contributed by atoms with E-state index in [1.165, 1.54) is 6.92 Å². The van der Waals surface area contributed by atoms with Crippen LogP contribution in [0.25, 0.3) is 0 Å². The van der Waals surface area contributed by atoms with Crippen molar-refractivity contribution < 1.29 is 9.59 Å². The van der Waals surface area contributed by atoms with Crippen molar-refractivity contribution in [2.75, 3.05) is 10.6 Å². The highest BCUT2D eigenvalue weighted by Crippen LogP contribution is 2.23. The van der Waals surface area contributed by atoms with Gasteiger partial charge in [0.05, 0.1) is 0 Å². The number of amides is 2. The van der Waals surface area contributed by atoms with Crippen molar-refractivity contribution in [2.24, 2.45) is 5.92 Å². The van der Waals surface area contributed by atoms with Crippen LogP contribution in [0.3, 0.4) is 0 Å². The fraction of sp³-hybridized carbons (Fsp3) is 0.500. The summed E-state index contributed by atoms with van der Waals surface area (Å²) in [6.45, 7) is 7.54. The number of carbonyl (C=O) groups excluding carboxylic acids is 2. The lowest BCUT2D eigenvalue weighted by molar-refractivity contribution is -0.120.